The molecule has 0 saturated carbocycles. The summed E-state index contributed by atoms with van der Waals surface area (Å²) in [6, 6.07) is 13.1. The summed E-state index contributed by atoms with van der Waals surface area (Å²) in [5, 5.41) is 22.9. The second kappa shape index (κ2) is 9.72. The molecule has 168 valence electrons. The molecular weight excluding hydrogens is 409 g/mol. The van der Waals surface area contributed by atoms with Crippen LogP contribution in [0.15, 0.2) is 54.7 Å². The topological polar surface area (TPSA) is 66.7 Å². The first-order chi connectivity index (χ1) is 14.8. The number of ether oxygens (including phenoxy) is 1. The number of rotatable bonds is 10. The van der Waals surface area contributed by atoms with Gasteiger partial charge in [-0.05, 0) is 42.1 Å². The van der Waals surface area contributed by atoms with E-state index in [0.717, 1.165) is 17.0 Å². The van der Waals surface area contributed by atoms with Gasteiger partial charge in [-0.25, -0.2) is 0 Å². The van der Waals surface area contributed by atoms with Crippen molar-refractivity contribution in [3.8, 4) is 5.75 Å². The first kappa shape index (κ1) is 23.1. The Bertz CT molecular complexity index is 997. The van der Waals surface area contributed by atoms with Crippen molar-refractivity contribution in [2.45, 2.75) is 31.6 Å². The van der Waals surface area contributed by atoms with Gasteiger partial charge >= 0.3 is 6.18 Å². The summed E-state index contributed by atoms with van der Waals surface area (Å²) < 4.78 is 47.1. The fraction of sp³-hybridized carbons (Fsp3) is 0.391. The molecule has 2 aromatic carbocycles. The number of nitrogens with zero attached hydrogens (tertiary/aromatic N) is 1. The Morgan fingerprint density at radius 2 is 1.77 bits per heavy atom. The second-order valence-electron chi connectivity index (χ2n) is 7.79. The van der Waals surface area contributed by atoms with E-state index >= 15 is 0 Å². The number of aliphatic hydroxyl groups is 2. The lowest BCUT2D eigenvalue weighted by atomic mass is 10.0. The minimum absolute atomic E-state index is 0.131. The average Bonchev–Trinajstić information content (AvgIpc) is 3.15. The average molecular weight is 436 g/mol. The highest BCUT2D eigenvalue weighted by Crippen LogP contribution is 2.32. The van der Waals surface area contributed by atoms with Crippen LogP contribution < -0.4 is 10.1 Å². The molecule has 0 aliphatic carbocycles. The van der Waals surface area contributed by atoms with Gasteiger partial charge in [0.25, 0.3) is 0 Å². The summed E-state index contributed by atoms with van der Waals surface area (Å²) in [6.45, 7) is 2.68. The lowest BCUT2D eigenvalue weighted by Crippen LogP contribution is -2.49. The van der Waals surface area contributed by atoms with Crippen LogP contribution in [0.3, 0.4) is 0 Å². The number of aromatic nitrogens is 1. The summed E-state index contributed by atoms with van der Waals surface area (Å²) >= 11 is 0. The number of nitrogens with one attached hydrogen (secondary N) is 1. The van der Waals surface area contributed by atoms with Gasteiger partial charge in [0.2, 0.25) is 0 Å². The Kier molecular flexibility index (Phi) is 7.25. The number of alkyl halides is 3. The molecule has 0 bridgehead atoms. The summed E-state index contributed by atoms with van der Waals surface area (Å²) in [5.74, 6) is 0.584. The van der Waals surface area contributed by atoms with E-state index in [2.05, 4.69) is 5.32 Å². The molecule has 0 spiro atoms. The molecule has 5 nitrogen and oxygen atoms in total. The van der Waals surface area contributed by atoms with Crippen molar-refractivity contribution in [1.29, 1.82) is 0 Å². The standard InChI is InChI=1S/C23H27F3N2O3/c1-22(15-29,16-30)27-10-12-28-11-8-18-6-7-19(14-21(18)28)31-13-9-17-4-2-3-5-20(17)23(24,25)26/h2-8,11,14,27,29-30H,9-10,12-13,15-16H2,1H3. The maximum absolute atomic E-state index is 13.1. The maximum Gasteiger partial charge on any atom is 0.416 e. The quantitative estimate of drug-likeness (QED) is 0.454. The molecular formula is C23H27F3N2O3. The lowest BCUT2D eigenvalue weighted by molar-refractivity contribution is -0.138. The highest BCUT2D eigenvalue weighted by molar-refractivity contribution is 5.81. The van der Waals surface area contributed by atoms with Crippen molar-refractivity contribution in [2.24, 2.45) is 0 Å². The number of halogens is 3. The fourth-order valence-electron chi connectivity index (χ4n) is 3.38. The van der Waals surface area contributed by atoms with Gasteiger partial charge in [0.1, 0.15) is 5.75 Å². The van der Waals surface area contributed by atoms with E-state index in [4.69, 9.17) is 4.74 Å². The number of hydrogen-bond acceptors (Lipinski definition) is 4. The summed E-state index contributed by atoms with van der Waals surface area (Å²) in [7, 11) is 0. The Hall–Kier alpha value is -2.55. The van der Waals surface area contributed by atoms with Gasteiger partial charge in [0, 0.05) is 31.8 Å². The van der Waals surface area contributed by atoms with Crippen LogP contribution in [0.4, 0.5) is 13.2 Å². The van der Waals surface area contributed by atoms with E-state index in [1.54, 1.807) is 19.1 Å². The van der Waals surface area contributed by atoms with Crippen molar-refractivity contribution in [3.05, 3.63) is 65.9 Å². The largest absolute Gasteiger partial charge is 0.493 e. The lowest BCUT2D eigenvalue weighted by Gasteiger charge is -2.26. The van der Waals surface area contributed by atoms with E-state index < -0.39 is 17.3 Å². The van der Waals surface area contributed by atoms with Crippen molar-refractivity contribution >= 4 is 10.9 Å². The Morgan fingerprint density at radius 1 is 1.03 bits per heavy atom. The number of aliphatic hydroxyl groups excluding tert-OH is 2. The van der Waals surface area contributed by atoms with Gasteiger partial charge in [-0.15, -0.1) is 0 Å². The van der Waals surface area contributed by atoms with Crippen LogP contribution >= 0.6 is 0 Å². The molecule has 0 saturated heterocycles. The SMILES string of the molecule is CC(CO)(CO)NCCn1ccc2ccc(OCCc3ccccc3C(F)(F)F)cc21. The van der Waals surface area contributed by atoms with Crippen LogP contribution in [-0.2, 0) is 19.1 Å². The van der Waals surface area contributed by atoms with Crippen molar-refractivity contribution in [2.75, 3.05) is 26.4 Å². The van der Waals surface area contributed by atoms with E-state index in [-0.39, 0.29) is 31.8 Å². The van der Waals surface area contributed by atoms with Gasteiger partial charge < -0.3 is 24.8 Å². The van der Waals surface area contributed by atoms with Crippen LogP contribution in [0.25, 0.3) is 10.9 Å². The molecule has 3 N–H and O–H groups in total. The zero-order chi connectivity index (χ0) is 22.5. The first-order valence-electron chi connectivity index (χ1n) is 10.1. The smallest absolute Gasteiger partial charge is 0.416 e. The normalized spacial score (nSPS) is 12.5. The van der Waals surface area contributed by atoms with Crippen LogP contribution in [0.2, 0.25) is 0 Å². The minimum Gasteiger partial charge on any atom is -0.493 e. The van der Waals surface area contributed by atoms with Crippen molar-refractivity contribution in [1.82, 2.24) is 9.88 Å². The van der Waals surface area contributed by atoms with E-state index in [1.165, 1.54) is 12.1 Å². The van der Waals surface area contributed by atoms with Crippen LogP contribution in [0.5, 0.6) is 5.75 Å². The second-order valence-corrected chi connectivity index (χ2v) is 7.79. The molecule has 0 fully saturated rings. The molecule has 0 aliphatic rings. The molecule has 0 aliphatic heterocycles. The third kappa shape index (κ3) is 5.78. The van der Waals surface area contributed by atoms with Gasteiger partial charge in [0.05, 0.1) is 36.4 Å². The van der Waals surface area contributed by atoms with Crippen LogP contribution in [0.1, 0.15) is 18.1 Å². The van der Waals surface area contributed by atoms with Crippen molar-refractivity contribution in [3.63, 3.8) is 0 Å². The molecule has 3 aromatic rings. The first-order valence-corrected chi connectivity index (χ1v) is 10.1. The molecule has 8 heteroatoms. The van der Waals surface area contributed by atoms with E-state index in [1.807, 2.05) is 29.0 Å². The molecule has 3 rings (SSSR count). The van der Waals surface area contributed by atoms with Gasteiger partial charge in [0.15, 0.2) is 0 Å². The van der Waals surface area contributed by atoms with Crippen molar-refractivity contribution < 1.29 is 28.1 Å². The highest BCUT2D eigenvalue weighted by atomic mass is 19.4. The van der Waals surface area contributed by atoms with E-state index in [0.29, 0.717) is 18.8 Å². The third-order valence-corrected chi connectivity index (χ3v) is 5.31. The third-order valence-electron chi connectivity index (χ3n) is 5.31. The monoisotopic (exact) mass is 436 g/mol. The molecule has 0 unspecified atom stereocenters. The Morgan fingerprint density at radius 3 is 2.48 bits per heavy atom. The van der Waals surface area contributed by atoms with Gasteiger partial charge in [-0.3, -0.25) is 0 Å². The molecule has 0 atom stereocenters. The molecule has 1 heterocycles. The minimum atomic E-state index is -4.38. The summed E-state index contributed by atoms with van der Waals surface area (Å²) in [6.07, 6.45) is -2.29. The predicted octanol–water partition coefficient (Wildman–Crippen LogP) is 3.61. The number of benzene rings is 2. The van der Waals surface area contributed by atoms with Gasteiger partial charge in [-0.2, -0.15) is 13.2 Å². The summed E-state index contributed by atoms with van der Waals surface area (Å²) in [5.41, 5.74) is -0.233. The highest BCUT2D eigenvalue weighted by Gasteiger charge is 2.32. The molecule has 1 aromatic heterocycles. The Balaban J connectivity index is 1.63. The number of fused-ring (bicyclic) bond motifs is 1. The van der Waals surface area contributed by atoms with Gasteiger partial charge in [-0.1, -0.05) is 18.2 Å². The molecule has 31 heavy (non-hydrogen) atoms. The number of hydrogen-bond donors (Lipinski definition) is 3. The Labute approximate surface area is 179 Å². The fourth-order valence-corrected chi connectivity index (χ4v) is 3.38. The molecule has 0 amide bonds. The molecule has 0 radical (unpaired) electrons. The predicted molar refractivity (Wildman–Crippen MR) is 113 cm³/mol. The zero-order valence-corrected chi connectivity index (χ0v) is 17.3. The van der Waals surface area contributed by atoms with E-state index in [9.17, 15) is 23.4 Å². The summed E-state index contributed by atoms with van der Waals surface area (Å²) in [4.78, 5) is 0. The maximum atomic E-state index is 13.1. The van der Waals surface area contributed by atoms with Crippen LogP contribution in [0, 0.1) is 0 Å². The van der Waals surface area contributed by atoms with Crippen LogP contribution in [-0.4, -0.2) is 46.7 Å². The zero-order valence-electron chi connectivity index (χ0n) is 17.3.